The molecule has 6 heteroatoms. The lowest BCUT2D eigenvalue weighted by Crippen LogP contribution is -2.48. The van der Waals surface area contributed by atoms with Crippen molar-refractivity contribution in [3.63, 3.8) is 0 Å². The number of aliphatic hydroxyl groups excluding tert-OH is 1. The quantitative estimate of drug-likeness (QED) is 0.444. The van der Waals surface area contributed by atoms with Gasteiger partial charge in [0.15, 0.2) is 0 Å². The molecule has 7 unspecified atom stereocenters. The number of ether oxygens (including phenoxy) is 2. The van der Waals surface area contributed by atoms with Crippen molar-refractivity contribution in [1.29, 1.82) is 0 Å². The molecule has 4 rings (SSSR count). The largest absolute Gasteiger partial charge is 0.461 e. The first kappa shape index (κ1) is 27.4. The fourth-order valence-electron chi connectivity index (χ4n) is 6.51. The van der Waals surface area contributed by atoms with Gasteiger partial charge in [0.1, 0.15) is 6.10 Å². The van der Waals surface area contributed by atoms with E-state index in [2.05, 4.69) is 30.5 Å². The van der Waals surface area contributed by atoms with Gasteiger partial charge in [0.05, 0.1) is 30.1 Å². The third-order valence-electron chi connectivity index (χ3n) is 9.02. The van der Waals surface area contributed by atoms with E-state index < -0.39 is 11.5 Å². The van der Waals surface area contributed by atoms with E-state index in [9.17, 15) is 14.7 Å². The maximum Gasteiger partial charge on any atom is 0.311 e. The molecule has 6 nitrogen and oxygen atoms in total. The van der Waals surface area contributed by atoms with Crippen LogP contribution in [-0.4, -0.2) is 47.4 Å². The third kappa shape index (κ3) is 6.61. The molecule has 1 amide bonds. The number of carbonyl (C=O) groups excluding carboxylic acids is 2. The van der Waals surface area contributed by atoms with Crippen molar-refractivity contribution in [3.05, 3.63) is 23.8 Å². The van der Waals surface area contributed by atoms with Gasteiger partial charge in [-0.1, -0.05) is 51.3 Å². The lowest BCUT2D eigenvalue weighted by Gasteiger charge is -2.47. The van der Waals surface area contributed by atoms with Crippen molar-refractivity contribution in [2.75, 3.05) is 0 Å². The highest BCUT2D eigenvalue weighted by atomic mass is 16.5. The Balaban J connectivity index is 1.34. The Morgan fingerprint density at radius 1 is 1.19 bits per heavy atom. The molecule has 1 saturated heterocycles. The molecule has 1 heterocycles. The van der Waals surface area contributed by atoms with Gasteiger partial charge in [-0.15, -0.1) is 0 Å². The van der Waals surface area contributed by atoms with Gasteiger partial charge in [-0.3, -0.25) is 9.59 Å². The molecule has 0 aromatic carbocycles. The predicted octanol–water partition coefficient (Wildman–Crippen LogP) is 5.24. The van der Waals surface area contributed by atoms with E-state index in [4.69, 9.17) is 9.47 Å². The number of esters is 1. The van der Waals surface area contributed by atoms with Crippen LogP contribution in [0.5, 0.6) is 0 Å². The monoisotopic (exact) mass is 501 g/mol. The van der Waals surface area contributed by atoms with Crippen LogP contribution in [0.2, 0.25) is 0 Å². The van der Waals surface area contributed by atoms with E-state index in [1.807, 2.05) is 20.8 Å². The van der Waals surface area contributed by atoms with Gasteiger partial charge < -0.3 is 19.9 Å². The number of hydrogen-bond acceptors (Lipinski definition) is 5. The second-order valence-corrected chi connectivity index (χ2v) is 12.4. The molecule has 1 saturated carbocycles. The number of aliphatic hydroxyl groups is 1. The highest BCUT2D eigenvalue weighted by molar-refractivity contribution is 5.77. The van der Waals surface area contributed by atoms with Gasteiger partial charge in [-0.05, 0) is 69.8 Å². The van der Waals surface area contributed by atoms with E-state index >= 15 is 0 Å². The Morgan fingerprint density at radius 3 is 2.67 bits per heavy atom. The molecule has 2 fully saturated rings. The van der Waals surface area contributed by atoms with Gasteiger partial charge in [-0.2, -0.15) is 0 Å². The molecule has 36 heavy (non-hydrogen) atoms. The Bertz CT molecular complexity index is 842. The minimum atomic E-state index is -0.696. The van der Waals surface area contributed by atoms with E-state index in [0.29, 0.717) is 12.3 Å². The summed E-state index contributed by atoms with van der Waals surface area (Å²) in [5.74, 6) is 0.622. The van der Waals surface area contributed by atoms with Crippen LogP contribution in [0.4, 0.5) is 0 Å². The normalized spacial score (nSPS) is 33.6. The van der Waals surface area contributed by atoms with Gasteiger partial charge in [0, 0.05) is 18.4 Å². The first-order valence-electron chi connectivity index (χ1n) is 14.4. The number of fused-ring (bicyclic) bond motifs is 3. The molecule has 2 N–H and O–H groups in total. The van der Waals surface area contributed by atoms with Crippen LogP contribution >= 0.6 is 0 Å². The van der Waals surface area contributed by atoms with Gasteiger partial charge >= 0.3 is 5.97 Å². The number of nitrogens with one attached hydrogen (secondary N) is 1. The zero-order valence-electron chi connectivity index (χ0n) is 22.7. The van der Waals surface area contributed by atoms with Crippen molar-refractivity contribution in [3.8, 4) is 0 Å². The summed E-state index contributed by atoms with van der Waals surface area (Å²) in [6, 6.07) is 0.267. The Labute approximate surface area is 217 Å². The highest BCUT2D eigenvalue weighted by Gasteiger charge is 2.46. The number of allylic oxidation sites excluding steroid dienone is 2. The lowest BCUT2D eigenvalue weighted by molar-refractivity contribution is -0.168. The van der Waals surface area contributed by atoms with Crippen molar-refractivity contribution in [2.45, 2.75) is 129 Å². The van der Waals surface area contributed by atoms with Crippen molar-refractivity contribution in [1.82, 2.24) is 5.32 Å². The van der Waals surface area contributed by atoms with Crippen LogP contribution < -0.4 is 5.32 Å². The standard InChI is InChI=1S/C30H47NO5/c1-5-30(3,4)29(34)36-26-16-19(2)15-20-11-14-25-24(28(20)26)13-12-23(35-25)17-22(32)18-27(33)31-21-9-7-6-8-10-21/h11,14-15,19,21-26,28,32H,5-10,12-13,16-18H2,1-4H3,(H,31,33). The second-order valence-electron chi connectivity index (χ2n) is 12.4. The fourth-order valence-corrected chi connectivity index (χ4v) is 6.51. The number of carbonyl (C=O) groups is 2. The van der Waals surface area contributed by atoms with Crippen molar-refractivity contribution >= 4 is 11.9 Å². The number of hydrogen-bond donors (Lipinski definition) is 2. The Morgan fingerprint density at radius 2 is 1.94 bits per heavy atom. The van der Waals surface area contributed by atoms with Crippen LogP contribution in [0.1, 0.15) is 98.3 Å². The van der Waals surface area contributed by atoms with Gasteiger partial charge in [0.25, 0.3) is 0 Å². The molecule has 0 spiro atoms. The number of rotatable bonds is 8. The molecule has 4 aliphatic rings. The minimum Gasteiger partial charge on any atom is -0.461 e. The van der Waals surface area contributed by atoms with Crippen molar-refractivity contribution in [2.24, 2.45) is 23.2 Å². The zero-order valence-corrected chi connectivity index (χ0v) is 22.7. The molecule has 7 atom stereocenters. The molecule has 0 bridgehead atoms. The fraction of sp³-hybridized carbons (Fsp3) is 0.800. The summed E-state index contributed by atoms with van der Waals surface area (Å²) in [7, 11) is 0. The van der Waals surface area contributed by atoms with Gasteiger partial charge in [-0.25, -0.2) is 0 Å². The zero-order chi connectivity index (χ0) is 25.9. The Hall–Kier alpha value is -1.66. The topological polar surface area (TPSA) is 84.9 Å². The van der Waals surface area contributed by atoms with E-state index in [0.717, 1.165) is 38.5 Å². The maximum atomic E-state index is 12.9. The van der Waals surface area contributed by atoms with Crippen molar-refractivity contribution < 1.29 is 24.2 Å². The summed E-state index contributed by atoms with van der Waals surface area (Å²) >= 11 is 0. The molecule has 0 aromatic heterocycles. The molecule has 1 aliphatic heterocycles. The molecule has 202 valence electrons. The van der Waals surface area contributed by atoms with E-state index in [1.54, 1.807) is 0 Å². The van der Waals surface area contributed by atoms with Crippen LogP contribution in [0.25, 0.3) is 0 Å². The predicted molar refractivity (Wildman–Crippen MR) is 140 cm³/mol. The van der Waals surface area contributed by atoms with Crippen LogP contribution in [0, 0.1) is 23.2 Å². The first-order valence-corrected chi connectivity index (χ1v) is 14.4. The summed E-state index contributed by atoms with van der Waals surface area (Å²) < 4.78 is 12.6. The van der Waals surface area contributed by atoms with Crippen LogP contribution in [-0.2, 0) is 19.1 Å². The molecular formula is C30H47NO5. The minimum absolute atomic E-state index is 0.0496. The second kappa shape index (κ2) is 11.8. The first-order chi connectivity index (χ1) is 17.2. The van der Waals surface area contributed by atoms with Gasteiger partial charge in [0.2, 0.25) is 5.91 Å². The molecule has 0 aromatic rings. The highest BCUT2D eigenvalue weighted by Crippen LogP contribution is 2.46. The molecule has 3 aliphatic carbocycles. The summed E-state index contributed by atoms with van der Waals surface area (Å²) in [4.78, 5) is 25.4. The third-order valence-corrected chi connectivity index (χ3v) is 9.02. The smallest absolute Gasteiger partial charge is 0.311 e. The van der Waals surface area contributed by atoms with Crippen LogP contribution in [0.3, 0.4) is 0 Å². The lowest BCUT2D eigenvalue weighted by atomic mass is 9.66. The Kier molecular flexibility index (Phi) is 8.98. The molecular weight excluding hydrogens is 454 g/mol. The maximum absolute atomic E-state index is 12.9. The van der Waals surface area contributed by atoms with E-state index in [1.165, 1.54) is 24.8 Å². The number of amides is 1. The van der Waals surface area contributed by atoms with E-state index in [-0.39, 0.29) is 54.5 Å². The average molecular weight is 502 g/mol. The summed E-state index contributed by atoms with van der Waals surface area (Å²) in [6.07, 6.45) is 15.4. The summed E-state index contributed by atoms with van der Waals surface area (Å²) in [6.45, 7) is 8.13. The van der Waals surface area contributed by atoms with Crippen LogP contribution in [0.15, 0.2) is 23.8 Å². The SMILES string of the molecule is CCC(C)(C)C(=O)OC1CC(C)C=C2C=CC3OC(CC(O)CC(=O)NC4CCCCC4)CCC3C21. The summed E-state index contributed by atoms with van der Waals surface area (Å²) in [5, 5.41) is 13.7. The molecule has 0 radical (unpaired) electrons. The average Bonchev–Trinajstić information content (AvgIpc) is 2.83. The summed E-state index contributed by atoms with van der Waals surface area (Å²) in [5.41, 5.74) is 0.783.